The number of fused-ring (bicyclic) bond motifs is 12. The minimum atomic E-state index is -0.425. The summed E-state index contributed by atoms with van der Waals surface area (Å²) in [5.74, 6) is 3.25. The summed E-state index contributed by atoms with van der Waals surface area (Å²) in [6, 6.07) is 50.4. The summed E-state index contributed by atoms with van der Waals surface area (Å²) in [7, 11) is 0. The molecule has 0 amide bonds. The molecular formula is C47H35NO2. The van der Waals surface area contributed by atoms with Gasteiger partial charge in [-0.25, -0.2) is 0 Å². The fraction of sp³-hybridized carbons (Fsp3) is 0.106. The Morgan fingerprint density at radius 3 is 1.88 bits per heavy atom. The third-order valence-electron chi connectivity index (χ3n) is 11.0. The van der Waals surface area contributed by atoms with E-state index in [4.69, 9.17) is 9.47 Å². The van der Waals surface area contributed by atoms with Crippen LogP contribution in [-0.2, 0) is 5.41 Å². The van der Waals surface area contributed by atoms with Crippen molar-refractivity contribution >= 4 is 5.69 Å². The molecule has 0 unspecified atom stereocenters. The fourth-order valence-electron chi connectivity index (χ4n) is 8.75. The van der Waals surface area contributed by atoms with Crippen LogP contribution in [0, 0.1) is 0 Å². The molecule has 0 saturated carbocycles. The third kappa shape index (κ3) is 3.98. The number of benzene rings is 6. The lowest BCUT2D eigenvalue weighted by Crippen LogP contribution is -2.26. The molecule has 0 radical (unpaired) electrons. The summed E-state index contributed by atoms with van der Waals surface area (Å²) in [6.45, 7) is 4.27. The van der Waals surface area contributed by atoms with Crippen molar-refractivity contribution in [1.82, 2.24) is 0 Å². The van der Waals surface area contributed by atoms with Crippen molar-refractivity contribution < 1.29 is 9.47 Å². The predicted octanol–water partition coefficient (Wildman–Crippen LogP) is 11.8. The van der Waals surface area contributed by atoms with Gasteiger partial charge in [-0.2, -0.15) is 0 Å². The van der Waals surface area contributed by atoms with Crippen LogP contribution in [0.5, 0.6) is 11.5 Å². The molecular weight excluding hydrogens is 611 g/mol. The van der Waals surface area contributed by atoms with E-state index in [0.717, 1.165) is 47.1 Å². The zero-order valence-corrected chi connectivity index (χ0v) is 28.1. The molecule has 3 aliphatic carbocycles. The summed E-state index contributed by atoms with van der Waals surface area (Å²) in [5.41, 5.74) is 15.5. The molecule has 1 spiro atoms. The first kappa shape index (κ1) is 28.9. The second-order valence-electron chi connectivity index (χ2n) is 13.5. The second kappa shape index (κ2) is 11.0. The number of hydrogen-bond acceptors (Lipinski definition) is 3. The van der Waals surface area contributed by atoms with Crippen LogP contribution in [-0.4, -0.2) is 0 Å². The van der Waals surface area contributed by atoms with E-state index in [-0.39, 0.29) is 0 Å². The van der Waals surface area contributed by atoms with Crippen molar-refractivity contribution in [3.05, 3.63) is 197 Å². The number of anilines is 1. The molecule has 3 heteroatoms. The van der Waals surface area contributed by atoms with Crippen molar-refractivity contribution in [1.29, 1.82) is 0 Å². The average molecular weight is 646 g/mol. The molecule has 3 nitrogen and oxygen atoms in total. The largest absolute Gasteiger partial charge is 0.454 e. The lowest BCUT2D eigenvalue weighted by Gasteiger charge is -2.34. The Labute approximate surface area is 293 Å². The topological polar surface area (TPSA) is 21.7 Å². The van der Waals surface area contributed by atoms with Gasteiger partial charge in [0.15, 0.2) is 17.3 Å². The van der Waals surface area contributed by atoms with Crippen LogP contribution >= 0.6 is 0 Å². The van der Waals surface area contributed by atoms with Gasteiger partial charge in [0, 0.05) is 35.1 Å². The number of rotatable bonds is 4. The maximum Gasteiger partial charge on any atom is 0.178 e. The molecule has 4 aliphatic rings. The molecule has 1 aliphatic heterocycles. The van der Waals surface area contributed by atoms with Gasteiger partial charge in [0.1, 0.15) is 5.76 Å². The predicted molar refractivity (Wildman–Crippen MR) is 202 cm³/mol. The maximum atomic E-state index is 7.05. The van der Waals surface area contributed by atoms with Gasteiger partial charge < -0.3 is 14.4 Å². The Bertz CT molecular complexity index is 2400. The van der Waals surface area contributed by atoms with E-state index in [1.165, 1.54) is 61.5 Å². The molecule has 0 saturated heterocycles. The Hall–Kier alpha value is -6.06. The van der Waals surface area contributed by atoms with Crippen LogP contribution in [0.2, 0.25) is 0 Å². The van der Waals surface area contributed by atoms with Gasteiger partial charge in [-0.3, -0.25) is 0 Å². The van der Waals surface area contributed by atoms with Gasteiger partial charge in [0.25, 0.3) is 0 Å². The van der Waals surface area contributed by atoms with Gasteiger partial charge in [0.05, 0.1) is 5.41 Å². The quantitative estimate of drug-likeness (QED) is 0.190. The molecule has 10 rings (SSSR count). The van der Waals surface area contributed by atoms with Gasteiger partial charge in [-0.15, -0.1) is 0 Å². The van der Waals surface area contributed by atoms with Crippen LogP contribution in [0.1, 0.15) is 48.9 Å². The van der Waals surface area contributed by atoms with Crippen LogP contribution in [0.25, 0.3) is 33.4 Å². The highest BCUT2D eigenvalue weighted by molar-refractivity contribution is 5.97. The van der Waals surface area contributed by atoms with Gasteiger partial charge in [-0.1, -0.05) is 127 Å². The van der Waals surface area contributed by atoms with E-state index in [2.05, 4.69) is 170 Å². The SMILES string of the molecule is C/C=C(\C)N(C1=CC2=C(CC1)Oc1ccc3c(c1O2)-c1ccccc1C31c2ccccc2-c2ccccc21)c1ccc(-c2ccccc2)cc1. The summed E-state index contributed by atoms with van der Waals surface area (Å²) in [6.07, 6.45) is 5.96. The van der Waals surface area contributed by atoms with E-state index in [0.29, 0.717) is 0 Å². The summed E-state index contributed by atoms with van der Waals surface area (Å²) < 4.78 is 13.8. The standard InChI is InChI=1S/C47H35NO2/c1-3-30(2)48(33-23-21-32(22-24-33)31-13-5-4-6-14-31)34-25-27-42-44(29-34)50-46-43(49-42)28-26-41-45(46)37-17-9-12-20-40(37)47(41)38-18-10-7-15-35(38)36-16-8-11-19-39(36)47/h3-24,26,28-29H,25,27H2,1-2H3/b30-3+. The second-order valence-corrected chi connectivity index (χ2v) is 13.5. The minimum absolute atomic E-state index is 0.425. The van der Waals surface area contributed by atoms with E-state index >= 15 is 0 Å². The number of allylic oxidation sites excluding steroid dienone is 5. The molecule has 1 heterocycles. The van der Waals surface area contributed by atoms with Gasteiger partial charge in [0.2, 0.25) is 0 Å². The normalized spacial score (nSPS) is 15.9. The first-order chi connectivity index (χ1) is 24.7. The smallest absolute Gasteiger partial charge is 0.178 e. The molecule has 0 bridgehead atoms. The van der Waals surface area contributed by atoms with Crippen LogP contribution in [0.3, 0.4) is 0 Å². The van der Waals surface area contributed by atoms with E-state index in [9.17, 15) is 0 Å². The van der Waals surface area contributed by atoms with E-state index < -0.39 is 5.41 Å². The summed E-state index contributed by atoms with van der Waals surface area (Å²) in [4.78, 5) is 2.35. The molecule has 50 heavy (non-hydrogen) atoms. The first-order valence-electron chi connectivity index (χ1n) is 17.5. The van der Waals surface area contributed by atoms with Crippen LogP contribution < -0.4 is 14.4 Å². The van der Waals surface area contributed by atoms with E-state index in [1.54, 1.807) is 0 Å². The van der Waals surface area contributed by atoms with Crippen molar-refractivity contribution in [2.45, 2.75) is 32.1 Å². The molecule has 0 fully saturated rings. The average Bonchev–Trinajstić information content (AvgIpc) is 3.65. The maximum absolute atomic E-state index is 7.05. The Balaban J connectivity index is 1.09. The molecule has 0 atom stereocenters. The van der Waals surface area contributed by atoms with Crippen molar-refractivity contribution in [3.63, 3.8) is 0 Å². The molecule has 6 aromatic rings. The molecule has 240 valence electrons. The highest BCUT2D eigenvalue weighted by atomic mass is 16.6. The van der Waals surface area contributed by atoms with E-state index in [1.807, 2.05) is 0 Å². The lowest BCUT2D eigenvalue weighted by molar-refractivity contribution is 0.288. The fourth-order valence-corrected chi connectivity index (χ4v) is 8.75. The van der Waals surface area contributed by atoms with Crippen LogP contribution in [0.4, 0.5) is 5.69 Å². The first-order valence-corrected chi connectivity index (χ1v) is 17.5. The number of ether oxygens (including phenoxy) is 2. The van der Waals surface area contributed by atoms with Crippen LogP contribution in [0.15, 0.2) is 175 Å². The third-order valence-corrected chi connectivity index (χ3v) is 11.0. The molecule has 0 aromatic heterocycles. The summed E-state index contributed by atoms with van der Waals surface area (Å²) >= 11 is 0. The highest BCUT2D eigenvalue weighted by Crippen LogP contribution is 2.65. The monoisotopic (exact) mass is 645 g/mol. The van der Waals surface area contributed by atoms with Gasteiger partial charge in [-0.05, 0) is 88.5 Å². The Morgan fingerprint density at radius 2 is 1.20 bits per heavy atom. The highest BCUT2D eigenvalue weighted by Gasteiger charge is 2.53. The van der Waals surface area contributed by atoms with Gasteiger partial charge >= 0.3 is 0 Å². The number of nitrogens with zero attached hydrogens (tertiary/aromatic N) is 1. The zero-order valence-electron chi connectivity index (χ0n) is 28.1. The summed E-state index contributed by atoms with van der Waals surface area (Å²) in [5, 5.41) is 0. The Morgan fingerprint density at radius 1 is 0.600 bits per heavy atom. The Kier molecular flexibility index (Phi) is 6.35. The molecule has 0 N–H and O–H groups in total. The van der Waals surface area contributed by atoms with Crippen molar-refractivity contribution in [2.24, 2.45) is 0 Å². The van der Waals surface area contributed by atoms with Crippen molar-refractivity contribution in [2.75, 3.05) is 4.90 Å². The zero-order chi connectivity index (χ0) is 33.4. The lowest BCUT2D eigenvalue weighted by atomic mass is 9.70. The van der Waals surface area contributed by atoms with Crippen molar-refractivity contribution in [3.8, 4) is 44.9 Å². The molecule has 6 aromatic carbocycles. The minimum Gasteiger partial charge on any atom is -0.454 e. The number of hydrogen-bond donors (Lipinski definition) is 0.